The molecule has 5 heteroatoms. The van der Waals surface area contributed by atoms with Crippen LogP contribution < -0.4 is 9.64 Å². The van der Waals surface area contributed by atoms with Crippen molar-refractivity contribution in [3.8, 4) is 11.8 Å². The van der Waals surface area contributed by atoms with Crippen molar-refractivity contribution in [1.82, 2.24) is 0 Å². The number of ether oxygens (including phenoxy) is 1. The van der Waals surface area contributed by atoms with E-state index in [1.165, 1.54) is 6.07 Å². The fraction of sp³-hybridized carbons (Fsp3) is 0.222. The Morgan fingerprint density at radius 3 is 2.52 bits per heavy atom. The molecule has 0 N–H and O–H groups in total. The summed E-state index contributed by atoms with van der Waals surface area (Å²) >= 11 is 6.05. The number of hydrogen-bond acceptors (Lipinski definition) is 3. The van der Waals surface area contributed by atoms with Crippen molar-refractivity contribution in [2.24, 2.45) is 0 Å². The van der Waals surface area contributed by atoms with Gasteiger partial charge in [-0.05, 0) is 44.2 Å². The highest BCUT2D eigenvalue weighted by atomic mass is 35.5. The second-order valence-electron chi connectivity index (χ2n) is 5.24. The number of halogens is 1. The summed E-state index contributed by atoms with van der Waals surface area (Å²) in [5.41, 5.74) is 1.27. The van der Waals surface area contributed by atoms with Crippen LogP contribution in [-0.4, -0.2) is 18.6 Å². The smallest absolute Gasteiger partial charge is 0.265 e. The van der Waals surface area contributed by atoms with Crippen LogP contribution in [0.15, 0.2) is 48.5 Å². The number of anilines is 1. The van der Waals surface area contributed by atoms with Crippen LogP contribution in [0.1, 0.15) is 19.4 Å². The minimum atomic E-state index is -0.161. The first kappa shape index (κ1) is 16.9. The summed E-state index contributed by atoms with van der Waals surface area (Å²) in [6.07, 6.45) is 0. The van der Waals surface area contributed by atoms with Gasteiger partial charge in [0, 0.05) is 11.7 Å². The van der Waals surface area contributed by atoms with Crippen LogP contribution >= 0.6 is 11.6 Å². The molecule has 118 valence electrons. The standard InChI is InChI=1S/C18H17ClN2O2/c1-13(2)21(15-6-4-3-5-7-15)18(22)12-23-17-9-8-14(11-20)10-16(17)19/h3-10,13H,12H2,1-2H3. The normalized spacial score (nSPS) is 10.2. The van der Waals surface area contributed by atoms with Gasteiger partial charge in [0.05, 0.1) is 16.7 Å². The number of nitriles is 1. The number of carbonyl (C=O) groups is 1. The molecule has 0 radical (unpaired) electrons. The van der Waals surface area contributed by atoms with Gasteiger partial charge in [0.1, 0.15) is 5.75 Å². The third-order valence-corrected chi connectivity index (χ3v) is 3.53. The van der Waals surface area contributed by atoms with E-state index in [0.29, 0.717) is 16.3 Å². The maximum Gasteiger partial charge on any atom is 0.265 e. The van der Waals surface area contributed by atoms with Crippen molar-refractivity contribution in [2.75, 3.05) is 11.5 Å². The second-order valence-corrected chi connectivity index (χ2v) is 5.65. The lowest BCUT2D eigenvalue weighted by atomic mass is 10.2. The van der Waals surface area contributed by atoms with Crippen molar-refractivity contribution >= 4 is 23.2 Å². The summed E-state index contributed by atoms with van der Waals surface area (Å²) in [5, 5.41) is 9.13. The van der Waals surface area contributed by atoms with E-state index < -0.39 is 0 Å². The maximum atomic E-state index is 12.5. The second kappa shape index (κ2) is 7.66. The molecule has 0 aliphatic rings. The van der Waals surface area contributed by atoms with Gasteiger partial charge in [-0.25, -0.2) is 0 Å². The lowest BCUT2D eigenvalue weighted by Gasteiger charge is -2.27. The number of carbonyl (C=O) groups excluding carboxylic acids is 1. The zero-order chi connectivity index (χ0) is 16.8. The molecule has 0 unspecified atom stereocenters. The summed E-state index contributed by atoms with van der Waals surface area (Å²) < 4.78 is 5.52. The molecule has 0 saturated carbocycles. The summed E-state index contributed by atoms with van der Waals surface area (Å²) in [6.45, 7) is 3.76. The maximum absolute atomic E-state index is 12.5. The highest BCUT2D eigenvalue weighted by Gasteiger charge is 2.19. The zero-order valence-electron chi connectivity index (χ0n) is 13.0. The quantitative estimate of drug-likeness (QED) is 0.832. The average molecular weight is 329 g/mol. The Balaban J connectivity index is 2.10. The van der Waals surface area contributed by atoms with Gasteiger partial charge in [-0.2, -0.15) is 5.26 Å². The number of nitrogens with zero attached hydrogens (tertiary/aromatic N) is 2. The molecule has 0 saturated heterocycles. The van der Waals surface area contributed by atoms with Gasteiger partial charge >= 0.3 is 0 Å². The van der Waals surface area contributed by atoms with E-state index in [0.717, 1.165) is 5.69 Å². The van der Waals surface area contributed by atoms with Crippen molar-refractivity contribution in [1.29, 1.82) is 5.26 Å². The minimum absolute atomic E-state index is 0.00457. The summed E-state index contributed by atoms with van der Waals surface area (Å²) in [4.78, 5) is 14.2. The number of para-hydroxylation sites is 1. The van der Waals surface area contributed by atoms with Gasteiger partial charge < -0.3 is 9.64 Å². The lowest BCUT2D eigenvalue weighted by molar-refractivity contribution is -0.120. The highest BCUT2D eigenvalue weighted by molar-refractivity contribution is 6.32. The topological polar surface area (TPSA) is 53.3 Å². The van der Waals surface area contributed by atoms with E-state index in [9.17, 15) is 4.79 Å². The van der Waals surface area contributed by atoms with E-state index in [1.807, 2.05) is 50.2 Å². The molecule has 0 fully saturated rings. The van der Waals surface area contributed by atoms with Crippen molar-refractivity contribution < 1.29 is 9.53 Å². The highest BCUT2D eigenvalue weighted by Crippen LogP contribution is 2.25. The molecule has 4 nitrogen and oxygen atoms in total. The monoisotopic (exact) mass is 328 g/mol. The van der Waals surface area contributed by atoms with Crippen LogP contribution in [0.25, 0.3) is 0 Å². The molecule has 0 aliphatic heterocycles. The van der Waals surface area contributed by atoms with Crippen LogP contribution in [0.5, 0.6) is 5.75 Å². The molecule has 1 amide bonds. The van der Waals surface area contributed by atoms with Gasteiger partial charge in [0.2, 0.25) is 0 Å². The molecule has 2 aromatic carbocycles. The van der Waals surface area contributed by atoms with Gasteiger partial charge in [0.15, 0.2) is 6.61 Å². The molecule has 2 aromatic rings. The number of amides is 1. The SMILES string of the molecule is CC(C)N(C(=O)COc1ccc(C#N)cc1Cl)c1ccccc1. The molecule has 0 aliphatic carbocycles. The molecule has 2 rings (SSSR count). The fourth-order valence-electron chi connectivity index (χ4n) is 2.22. The zero-order valence-corrected chi connectivity index (χ0v) is 13.7. The molecule has 0 atom stereocenters. The Morgan fingerprint density at radius 1 is 1.26 bits per heavy atom. The first-order valence-corrected chi connectivity index (χ1v) is 7.60. The Labute approximate surface area is 140 Å². The van der Waals surface area contributed by atoms with Gasteiger partial charge in [-0.1, -0.05) is 29.8 Å². The minimum Gasteiger partial charge on any atom is -0.482 e. The Bertz CT molecular complexity index is 724. The molecule has 0 spiro atoms. The molecule has 0 bridgehead atoms. The van der Waals surface area contributed by atoms with E-state index in [2.05, 4.69) is 0 Å². The van der Waals surface area contributed by atoms with Gasteiger partial charge in [0.25, 0.3) is 5.91 Å². The number of hydrogen-bond donors (Lipinski definition) is 0. The van der Waals surface area contributed by atoms with E-state index in [-0.39, 0.29) is 18.6 Å². The number of benzene rings is 2. The first-order chi connectivity index (χ1) is 11.0. The Kier molecular flexibility index (Phi) is 5.61. The Morgan fingerprint density at radius 2 is 1.96 bits per heavy atom. The first-order valence-electron chi connectivity index (χ1n) is 7.22. The van der Waals surface area contributed by atoms with E-state index >= 15 is 0 Å². The lowest BCUT2D eigenvalue weighted by Crippen LogP contribution is -2.40. The molecule has 0 aromatic heterocycles. The van der Waals surface area contributed by atoms with Crippen molar-refractivity contribution in [3.05, 3.63) is 59.1 Å². The van der Waals surface area contributed by atoms with Gasteiger partial charge in [-0.3, -0.25) is 4.79 Å². The molecular formula is C18H17ClN2O2. The van der Waals surface area contributed by atoms with Crippen molar-refractivity contribution in [2.45, 2.75) is 19.9 Å². The average Bonchev–Trinajstić information content (AvgIpc) is 2.54. The summed E-state index contributed by atoms with van der Waals surface area (Å²) in [5.74, 6) is 0.224. The third-order valence-electron chi connectivity index (χ3n) is 3.23. The predicted octanol–water partition coefficient (Wildman–Crippen LogP) is 4.03. The van der Waals surface area contributed by atoms with Gasteiger partial charge in [-0.15, -0.1) is 0 Å². The molecular weight excluding hydrogens is 312 g/mol. The molecule has 23 heavy (non-hydrogen) atoms. The third kappa shape index (κ3) is 4.24. The largest absolute Gasteiger partial charge is 0.482 e. The van der Waals surface area contributed by atoms with Crippen LogP contribution in [0.2, 0.25) is 5.02 Å². The van der Waals surface area contributed by atoms with Crippen LogP contribution in [0.4, 0.5) is 5.69 Å². The van der Waals surface area contributed by atoms with Crippen molar-refractivity contribution in [3.63, 3.8) is 0 Å². The van der Waals surface area contributed by atoms with Crippen LogP contribution in [0.3, 0.4) is 0 Å². The van der Waals surface area contributed by atoms with E-state index in [4.69, 9.17) is 21.6 Å². The fourth-order valence-corrected chi connectivity index (χ4v) is 2.45. The Hall–Kier alpha value is -2.51. The number of rotatable bonds is 5. The molecule has 0 heterocycles. The summed E-state index contributed by atoms with van der Waals surface area (Å²) in [7, 11) is 0. The summed E-state index contributed by atoms with van der Waals surface area (Å²) in [6, 6.07) is 16.1. The van der Waals surface area contributed by atoms with E-state index in [1.54, 1.807) is 17.0 Å². The predicted molar refractivity (Wildman–Crippen MR) is 90.7 cm³/mol. The van der Waals surface area contributed by atoms with Crippen LogP contribution in [0, 0.1) is 11.3 Å². The van der Waals surface area contributed by atoms with Crippen LogP contribution in [-0.2, 0) is 4.79 Å².